The van der Waals surface area contributed by atoms with Gasteiger partial charge in [-0.2, -0.15) is 0 Å². The molecule has 2 aromatic carbocycles. The Labute approximate surface area is 199 Å². The molecule has 0 bridgehead atoms. The summed E-state index contributed by atoms with van der Waals surface area (Å²) in [6, 6.07) is 18.2. The molecule has 1 unspecified atom stereocenters. The van der Waals surface area contributed by atoms with Gasteiger partial charge < -0.3 is 10.2 Å². The predicted octanol–water partition coefficient (Wildman–Crippen LogP) is 5.01. The number of nitrogens with zero attached hydrogens (tertiary/aromatic N) is 1. The maximum atomic E-state index is 13.1. The van der Waals surface area contributed by atoms with Crippen LogP contribution in [0.2, 0.25) is 5.02 Å². The van der Waals surface area contributed by atoms with E-state index in [4.69, 9.17) is 16.6 Å². The monoisotopic (exact) mass is 468 g/mol. The summed E-state index contributed by atoms with van der Waals surface area (Å²) in [4.78, 5) is 20.5. The topological polar surface area (TPSA) is 46.4 Å². The average Bonchev–Trinajstić information content (AvgIpc) is 2.83. The third kappa shape index (κ3) is 6.03. The van der Waals surface area contributed by atoms with E-state index in [1.807, 2.05) is 54.6 Å². The number of carbonyl (C=O) groups excluding carboxylic acids is 1. The van der Waals surface area contributed by atoms with Crippen LogP contribution in [0.15, 0.2) is 64.5 Å². The Morgan fingerprint density at radius 3 is 2.66 bits per heavy atom. The number of quaternary nitrogens is 1. The van der Waals surface area contributed by atoms with E-state index in [1.54, 1.807) is 4.90 Å². The van der Waals surface area contributed by atoms with Crippen LogP contribution >= 0.6 is 23.4 Å². The van der Waals surface area contributed by atoms with Crippen molar-refractivity contribution < 1.29 is 9.69 Å². The fourth-order valence-electron chi connectivity index (χ4n) is 4.48. The van der Waals surface area contributed by atoms with Gasteiger partial charge in [-0.25, -0.2) is 4.98 Å². The molecule has 4 rings (SSSR count). The largest absolute Gasteiger partial charge is 0.352 e. The Kier molecular flexibility index (Phi) is 8.06. The second-order valence-electron chi connectivity index (χ2n) is 8.62. The molecule has 3 aromatic rings. The summed E-state index contributed by atoms with van der Waals surface area (Å²) >= 11 is 7.54. The van der Waals surface area contributed by atoms with Gasteiger partial charge in [0.05, 0.1) is 30.7 Å². The summed E-state index contributed by atoms with van der Waals surface area (Å²) in [5.74, 6) is -0.0307. The molecule has 0 aliphatic heterocycles. The molecule has 1 amide bonds. The summed E-state index contributed by atoms with van der Waals surface area (Å²) in [5, 5.41) is 5.53. The fourth-order valence-corrected chi connectivity index (χ4v) is 5.44. The Balaban J connectivity index is 1.41. The molecule has 168 valence electrons. The van der Waals surface area contributed by atoms with E-state index in [2.05, 4.69) is 12.4 Å². The Morgan fingerprint density at radius 1 is 1.12 bits per heavy atom. The first kappa shape index (κ1) is 23.1. The summed E-state index contributed by atoms with van der Waals surface area (Å²) in [7, 11) is 2.30. The number of rotatable bonds is 8. The molecule has 1 heterocycles. The lowest BCUT2D eigenvalue weighted by Gasteiger charge is -2.28. The maximum absolute atomic E-state index is 13.1. The first-order valence-electron chi connectivity index (χ1n) is 11.5. The number of pyridine rings is 1. The molecule has 1 aliphatic carbocycles. The third-order valence-corrected chi connectivity index (χ3v) is 7.49. The Morgan fingerprint density at radius 2 is 1.88 bits per heavy atom. The smallest absolute Gasteiger partial charge is 0.252 e. The highest BCUT2D eigenvalue weighted by Crippen LogP contribution is 2.30. The molecule has 0 radical (unpaired) electrons. The molecule has 1 aromatic heterocycles. The molecule has 4 nitrogen and oxygen atoms in total. The number of amides is 1. The van der Waals surface area contributed by atoms with Crippen LogP contribution in [0.25, 0.3) is 10.9 Å². The lowest BCUT2D eigenvalue weighted by atomic mass is 9.94. The van der Waals surface area contributed by atoms with Gasteiger partial charge in [0.15, 0.2) is 0 Å². The third-order valence-electron chi connectivity index (χ3n) is 6.31. The minimum absolute atomic E-state index is 0.0307. The minimum Gasteiger partial charge on any atom is -0.352 e. The maximum Gasteiger partial charge on any atom is 0.252 e. The number of carbonyl (C=O) groups is 1. The van der Waals surface area contributed by atoms with Gasteiger partial charge in [-0.15, -0.1) is 0 Å². The van der Waals surface area contributed by atoms with Crippen LogP contribution in [0, 0.1) is 0 Å². The highest BCUT2D eigenvalue weighted by molar-refractivity contribution is 7.99. The average molecular weight is 469 g/mol. The molecular formula is C26H31ClN3OS+. The minimum atomic E-state index is -0.0307. The zero-order valence-corrected chi connectivity index (χ0v) is 20.1. The van der Waals surface area contributed by atoms with Crippen LogP contribution in [0.4, 0.5) is 0 Å². The lowest BCUT2D eigenvalue weighted by molar-refractivity contribution is -0.907. The summed E-state index contributed by atoms with van der Waals surface area (Å²) in [5.41, 5.74) is 1.51. The Bertz CT molecular complexity index is 1050. The molecule has 1 fully saturated rings. The first-order valence-corrected chi connectivity index (χ1v) is 12.7. The van der Waals surface area contributed by atoms with E-state index in [-0.39, 0.29) is 5.91 Å². The molecule has 6 heteroatoms. The zero-order chi connectivity index (χ0) is 22.3. The normalized spacial score (nSPS) is 15.6. The number of benzene rings is 2. The van der Waals surface area contributed by atoms with Crippen molar-refractivity contribution in [2.24, 2.45) is 0 Å². The van der Waals surface area contributed by atoms with Crippen LogP contribution in [0.3, 0.4) is 0 Å². The fraction of sp³-hybridized carbons (Fsp3) is 0.385. The van der Waals surface area contributed by atoms with Crippen molar-refractivity contribution >= 4 is 40.2 Å². The Hall–Kier alpha value is -2.08. The number of para-hydroxylation sites is 1. The van der Waals surface area contributed by atoms with Gasteiger partial charge in [0.25, 0.3) is 5.91 Å². The number of halogens is 1. The molecule has 1 saturated carbocycles. The summed E-state index contributed by atoms with van der Waals surface area (Å²) in [6.45, 7) is 1.79. The molecule has 0 saturated heterocycles. The number of hydrogen-bond donors (Lipinski definition) is 2. The standard InChI is InChI=1S/C26H30ClN3OS/c1-30(20-8-3-2-4-9-20)17-7-16-28-26(31)23-18-25(29-24-11-6-5-10-22(23)24)32-21-14-12-19(27)13-15-21/h5-6,10-15,18,20H,2-4,7-9,16-17H2,1H3,(H,28,31)/p+1. The lowest BCUT2D eigenvalue weighted by Crippen LogP contribution is -3.13. The number of hydrogen-bond acceptors (Lipinski definition) is 3. The molecule has 2 N–H and O–H groups in total. The number of nitrogens with one attached hydrogen (secondary N) is 2. The van der Waals surface area contributed by atoms with Gasteiger partial charge in [0.1, 0.15) is 5.03 Å². The summed E-state index contributed by atoms with van der Waals surface area (Å²) < 4.78 is 0. The van der Waals surface area contributed by atoms with Gasteiger partial charge in [0, 0.05) is 28.3 Å². The number of aromatic nitrogens is 1. The molecule has 0 spiro atoms. The van der Waals surface area contributed by atoms with E-state index >= 15 is 0 Å². The second-order valence-corrected chi connectivity index (χ2v) is 10.2. The SMILES string of the molecule is C[NH+](CCCNC(=O)c1cc(Sc2ccc(Cl)cc2)nc2ccccc12)C1CCCCC1. The van der Waals surface area contributed by atoms with E-state index in [0.29, 0.717) is 17.1 Å². The van der Waals surface area contributed by atoms with Crippen LogP contribution in [-0.4, -0.2) is 37.1 Å². The van der Waals surface area contributed by atoms with Gasteiger partial charge >= 0.3 is 0 Å². The highest BCUT2D eigenvalue weighted by atomic mass is 35.5. The van der Waals surface area contributed by atoms with Crippen molar-refractivity contribution in [2.45, 2.75) is 54.5 Å². The van der Waals surface area contributed by atoms with E-state index in [1.165, 1.54) is 43.9 Å². The summed E-state index contributed by atoms with van der Waals surface area (Å²) in [6.07, 6.45) is 7.79. The van der Waals surface area contributed by atoms with Gasteiger partial charge in [-0.1, -0.05) is 48.0 Å². The van der Waals surface area contributed by atoms with E-state index in [9.17, 15) is 4.79 Å². The zero-order valence-electron chi connectivity index (χ0n) is 18.6. The van der Waals surface area contributed by atoms with Crippen LogP contribution in [0.5, 0.6) is 0 Å². The van der Waals surface area contributed by atoms with Crippen molar-refractivity contribution in [3.8, 4) is 0 Å². The van der Waals surface area contributed by atoms with Crippen LogP contribution in [0.1, 0.15) is 48.9 Å². The predicted molar refractivity (Wildman–Crippen MR) is 133 cm³/mol. The van der Waals surface area contributed by atoms with Crippen LogP contribution in [-0.2, 0) is 0 Å². The van der Waals surface area contributed by atoms with Crippen molar-refractivity contribution in [1.82, 2.24) is 10.3 Å². The number of fused-ring (bicyclic) bond motifs is 1. The van der Waals surface area contributed by atoms with Crippen molar-refractivity contribution in [1.29, 1.82) is 0 Å². The van der Waals surface area contributed by atoms with Crippen LogP contribution < -0.4 is 10.2 Å². The van der Waals surface area contributed by atoms with E-state index < -0.39 is 0 Å². The van der Waals surface area contributed by atoms with Gasteiger partial charge in [-0.05, 0) is 62.1 Å². The van der Waals surface area contributed by atoms with Crippen molar-refractivity contribution in [2.75, 3.05) is 20.1 Å². The quantitative estimate of drug-likeness (QED) is 0.457. The molecule has 1 aliphatic rings. The second kappa shape index (κ2) is 11.2. The highest BCUT2D eigenvalue weighted by Gasteiger charge is 2.21. The molecule has 32 heavy (non-hydrogen) atoms. The first-order chi connectivity index (χ1) is 15.6. The molecular weight excluding hydrogens is 438 g/mol. The van der Waals surface area contributed by atoms with Gasteiger partial charge in [-0.3, -0.25) is 4.79 Å². The van der Waals surface area contributed by atoms with Crippen molar-refractivity contribution in [3.05, 3.63) is 65.2 Å². The van der Waals surface area contributed by atoms with E-state index in [0.717, 1.165) is 39.8 Å². The molecule has 1 atom stereocenters. The van der Waals surface area contributed by atoms with Gasteiger partial charge in [0.2, 0.25) is 0 Å². The van der Waals surface area contributed by atoms with Crippen molar-refractivity contribution in [3.63, 3.8) is 0 Å².